The zero-order valence-corrected chi connectivity index (χ0v) is 29.7. The summed E-state index contributed by atoms with van der Waals surface area (Å²) < 4.78 is 0. The van der Waals surface area contributed by atoms with Gasteiger partial charge in [-0.15, -0.1) is 0 Å². The Hall–Kier alpha value is 1.62. The van der Waals surface area contributed by atoms with Crippen LogP contribution >= 0.6 is 0 Å². The van der Waals surface area contributed by atoms with Crippen LogP contribution in [0.1, 0.15) is 0 Å². The minimum atomic E-state index is -6.17. The summed E-state index contributed by atoms with van der Waals surface area (Å²) in [4.78, 5) is 12.4. The minimum Gasteiger partial charge on any atom is 1.00 e. The summed E-state index contributed by atoms with van der Waals surface area (Å²) in [6, 6.07) is 0. The van der Waals surface area contributed by atoms with Crippen LogP contribution < -0.4 is 211 Å². The van der Waals surface area contributed by atoms with Crippen LogP contribution in [0.4, 0.5) is 0 Å². The molecule has 0 bridgehead atoms. The van der Waals surface area contributed by atoms with Gasteiger partial charge in [-0.25, -0.2) is 0 Å². The molecule has 130 valence electrons. The van der Waals surface area contributed by atoms with Crippen molar-refractivity contribution in [3.8, 4) is 59.6 Å². The molecule has 0 aromatic heterocycles. The zero-order valence-electron chi connectivity index (χ0n) is 18.1. The molecule has 20 heteroatoms. The number of nitriles is 12. The van der Waals surface area contributed by atoms with Crippen molar-refractivity contribution < 1.29 is 232 Å². The zero-order chi connectivity index (χ0) is 21.3. The van der Waals surface area contributed by atoms with Crippen LogP contribution in [0.3, 0.4) is 0 Å². The van der Waals surface area contributed by atoms with Gasteiger partial charge in [0.1, 0.15) is 0 Å². The fourth-order valence-corrected chi connectivity index (χ4v) is 2.19. The Balaban J connectivity index is -0.0000000505. The van der Waals surface area contributed by atoms with E-state index in [4.69, 9.17) is 63.1 Å². The van der Waals surface area contributed by atoms with Gasteiger partial charge in [0, 0.05) is 0 Å². The first-order valence-corrected chi connectivity index (χ1v) is 11.4. The van der Waals surface area contributed by atoms with Crippen LogP contribution in [-0.2, 0) is 21.5 Å². The molecule has 0 saturated heterocycles. The van der Waals surface area contributed by atoms with Crippen LogP contribution in [0.25, 0.3) is 0 Å². The van der Waals surface area contributed by atoms with Gasteiger partial charge in [0.15, 0.2) is 0 Å². The average Bonchev–Trinajstić information content (AvgIpc) is 2.77. The van der Waals surface area contributed by atoms with Gasteiger partial charge in [0.25, 0.3) is 0 Å². The predicted molar refractivity (Wildman–Crippen MR) is 67.4 cm³/mol. The summed E-state index contributed by atoms with van der Waals surface area (Å²) in [5.74, 6) is 0. The van der Waals surface area contributed by atoms with E-state index in [1.165, 1.54) is 0 Å². The van der Waals surface area contributed by atoms with Crippen molar-refractivity contribution >= 4 is 0 Å². The van der Waals surface area contributed by atoms with Gasteiger partial charge in [0.2, 0.25) is 0 Å². The van der Waals surface area contributed by atoms with Gasteiger partial charge in [-0.2, -0.15) is 0 Å². The molecule has 0 rings (SSSR count). The first kappa shape index (κ1) is 54.5. The van der Waals surface area contributed by atoms with Gasteiger partial charge < -0.3 is 0 Å². The first-order valence-electron chi connectivity index (χ1n) is 4.80. The van der Waals surface area contributed by atoms with E-state index in [2.05, 4.69) is 0 Å². The fraction of sp³-hybridized carbons (Fsp3) is 0. The Kier molecular flexibility index (Phi) is 29.2. The molecule has 0 aromatic rings. The Morgan fingerprint density at radius 3 is 0.312 bits per heavy atom. The molecular weight excluding hydrogens is 562 g/mol. The molecule has 0 heterocycles. The molecule has 0 unspecified atom stereocenters. The number of nitrogens with zero attached hydrogens (tertiary/aromatic N) is 12. The molecule has 0 aliphatic heterocycles. The second-order valence-corrected chi connectivity index (χ2v) is 14.8. The van der Waals surface area contributed by atoms with Crippen molar-refractivity contribution in [1.82, 2.24) is 0 Å². The molecule has 0 spiro atoms. The second-order valence-electron chi connectivity index (χ2n) is 3.60. The van der Waals surface area contributed by atoms with Crippen molar-refractivity contribution in [2.45, 2.75) is 0 Å². The number of hydrogen-bond acceptors (Lipinski definition) is 12. The summed E-state index contributed by atoms with van der Waals surface area (Å²) >= 11 is 0. The van der Waals surface area contributed by atoms with E-state index < -0.39 is 21.5 Å². The fourth-order valence-electron chi connectivity index (χ4n) is 0.530. The van der Waals surface area contributed by atoms with Crippen LogP contribution in [0.15, 0.2) is 0 Å². The Morgan fingerprint density at radius 2 is 0.312 bits per heavy atom. The molecule has 0 saturated carbocycles. The smallest absolute Gasteiger partial charge is 1.00 e. The van der Waals surface area contributed by atoms with E-state index >= 15 is 0 Å². The maximum Gasteiger partial charge on any atom is 1.00 e. The molecule has 12 nitrogen and oxygen atoms in total. The van der Waals surface area contributed by atoms with Crippen LogP contribution in [0, 0.1) is 123 Å². The number of rotatable bonds is 0. The molecular formula is C12Fe2K3Li3N12. The van der Waals surface area contributed by atoms with Crippen LogP contribution in [0.2, 0.25) is 0 Å². The largest absolute Gasteiger partial charge is 1.00 e. The van der Waals surface area contributed by atoms with Crippen molar-refractivity contribution in [3.05, 3.63) is 0 Å². The molecule has 0 aliphatic carbocycles. The summed E-state index contributed by atoms with van der Waals surface area (Å²) in [6.45, 7) is 0. The molecule has 0 fully saturated rings. The minimum absolute atomic E-state index is 0. The first-order chi connectivity index (χ1) is 11.9. The summed E-state index contributed by atoms with van der Waals surface area (Å²) in [7, 11) is -12.3. The standard InChI is InChI=1S/12CN.2Fe.3K.3Li/c12*1-2;;;;;;;;/q;;;;;;;;;;;;2*-3;6*+1. The SMILES string of the molecule is N#[C][Fe-3]([C]#N)([C]#N)([C]#N)([C]#N)[C]#N.N#[C][Fe-3]([C]#N)([C]#N)([C]#N)([C]#N)[C]#N.[K+].[K+].[K+].[Li+].[Li+].[Li+]. The average molecular weight is 562 g/mol. The quantitative estimate of drug-likeness (QED) is 0.249. The van der Waals surface area contributed by atoms with Gasteiger partial charge in [0.05, 0.1) is 0 Å². The molecule has 0 atom stereocenters. The monoisotopic (exact) mass is 562 g/mol. The van der Waals surface area contributed by atoms with Gasteiger partial charge in [-0.3, -0.25) is 0 Å². The van der Waals surface area contributed by atoms with Crippen LogP contribution in [-0.4, -0.2) is 0 Å². The maximum atomic E-state index is 8.58. The van der Waals surface area contributed by atoms with E-state index in [0.29, 0.717) is 0 Å². The second kappa shape index (κ2) is 17.1. The molecule has 0 N–H and O–H groups in total. The van der Waals surface area contributed by atoms with E-state index in [-0.39, 0.29) is 211 Å². The molecule has 0 radical (unpaired) electrons. The normalized spacial score (nSPS) is 10.9. The Labute approximate surface area is 345 Å². The Morgan fingerprint density at radius 1 is 0.250 bits per heavy atom. The summed E-state index contributed by atoms with van der Waals surface area (Å²) in [5, 5.41) is 103. The maximum absolute atomic E-state index is 8.58. The van der Waals surface area contributed by atoms with E-state index in [9.17, 15) is 0 Å². The molecule has 32 heavy (non-hydrogen) atoms. The molecule has 0 aromatic carbocycles. The summed E-state index contributed by atoms with van der Waals surface area (Å²) in [6.07, 6.45) is 0. The predicted octanol–water partition coefficient (Wildman–Crippen LogP) is -17.8. The van der Waals surface area contributed by atoms with Gasteiger partial charge in [-0.1, -0.05) is 0 Å². The number of hydrogen-bond donors (Lipinski definition) is 0. The van der Waals surface area contributed by atoms with Gasteiger partial charge >= 0.3 is 355 Å². The third kappa shape index (κ3) is 7.81. The summed E-state index contributed by atoms with van der Waals surface area (Å²) in [5.41, 5.74) is 0. The van der Waals surface area contributed by atoms with Crippen molar-refractivity contribution in [1.29, 1.82) is 63.1 Å². The van der Waals surface area contributed by atoms with E-state index in [1.54, 1.807) is 0 Å². The molecule has 0 aliphatic rings. The third-order valence-corrected chi connectivity index (χ3v) is 9.78. The third-order valence-electron chi connectivity index (χ3n) is 2.37. The van der Waals surface area contributed by atoms with Crippen molar-refractivity contribution in [2.24, 2.45) is 0 Å². The van der Waals surface area contributed by atoms with E-state index in [1.807, 2.05) is 0 Å². The Bertz CT molecular complexity index is 904. The van der Waals surface area contributed by atoms with Crippen LogP contribution in [0.5, 0.6) is 0 Å². The topological polar surface area (TPSA) is 285 Å². The van der Waals surface area contributed by atoms with Crippen molar-refractivity contribution in [2.75, 3.05) is 0 Å². The van der Waals surface area contributed by atoms with Crippen molar-refractivity contribution in [3.63, 3.8) is 0 Å². The molecule has 0 amide bonds. The van der Waals surface area contributed by atoms with Gasteiger partial charge in [-0.05, 0) is 0 Å². The van der Waals surface area contributed by atoms with E-state index in [0.717, 1.165) is 59.6 Å².